The number of carbonyl (C=O) groups is 1. The maximum Gasteiger partial charge on any atom is 0.333 e. The van der Waals surface area contributed by atoms with Gasteiger partial charge in [0.2, 0.25) is 0 Å². The number of aromatic hydroxyl groups is 1. The van der Waals surface area contributed by atoms with Crippen LogP contribution < -0.4 is 0 Å². The van der Waals surface area contributed by atoms with Crippen molar-refractivity contribution < 1.29 is 14.6 Å². The predicted octanol–water partition coefficient (Wildman–Crippen LogP) is 3.57. The van der Waals surface area contributed by atoms with Gasteiger partial charge in [-0.2, -0.15) is 0 Å². The van der Waals surface area contributed by atoms with Crippen molar-refractivity contribution in [1.82, 2.24) is 15.0 Å². The Bertz CT molecular complexity index is 929. The first kappa shape index (κ1) is 17.7. The molecule has 1 aromatic heterocycles. The molecule has 1 atom stereocenters. The molecule has 0 saturated heterocycles. The van der Waals surface area contributed by atoms with Crippen molar-refractivity contribution >= 4 is 17.0 Å². The van der Waals surface area contributed by atoms with Crippen molar-refractivity contribution in [1.29, 1.82) is 0 Å². The average Bonchev–Trinajstić information content (AvgIpc) is 3.06. The zero-order chi connectivity index (χ0) is 18.7. The molecule has 0 amide bonds. The molecular weight excluding hydrogens is 330 g/mol. The predicted molar refractivity (Wildman–Crippen MR) is 99.2 cm³/mol. The highest BCUT2D eigenvalue weighted by Crippen LogP contribution is 2.24. The third-order valence-electron chi connectivity index (χ3n) is 4.08. The lowest BCUT2D eigenvalue weighted by molar-refractivity contribution is -0.144. The lowest BCUT2D eigenvalue weighted by Crippen LogP contribution is -2.20. The number of ether oxygens (including phenoxy) is 1. The van der Waals surface area contributed by atoms with Crippen LogP contribution in [0.25, 0.3) is 16.7 Å². The van der Waals surface area contributed by atoms with Crippen molar-refractivity contribution in [3.05, 3.63) is 60.2 Å². The van der Waals surface area contributed by atoms with Gasteiger partial charge in [-0.3, -0.25) is 0 Å². The third kappa shape index (κ3) is 3.74. The molecule has 0 fully saturated rings. The second-order valence-corrected chi connectivity index (χ2v) is 6.22. The van der Waals surface area contributed by atoms with Crippen molar-refractivity contribution in [2.45, 2.75) is 32.8 Å². The molecule has 0 spiro atoms. The number of benzene rings is 2. The molecule has 3 aromatic rings. The molecule has 134 valence electrons. The van der Waals surface area contributed by atoms with Crippen LogP contribution in [-0.2, 0) is 16.0 Å². The van der Waals surface area contributed by atoms with Crippen LogP contribution in [0, 0.1) is 0 Å². The van der Waals surface area contributed by atoms with Gasteiger partial charge in [-0.25, -0.2) is 4.79 Å². The van der Waals surface area contributed by atoms with E-state index in [0.717, 1.165) is 16.6 Å². The quantitative estimate of drug-likeness (QED) is 0.543. The van der Waals surface area contributed by atoms with Gasteiger partial charge in [0.05, 0.1) is 0 Å². The smallest absolute Gasteiger partial charge is 0.333 e. The van der Waals surface area contributed by atoms with E-state index in [1.807, 2.05) is 37.3 Å². The standard InChI is InChI=1S/C20H21N3O3/c1-4-15(26-20(25)13(2)3)11-14-9-10-19(24)18(12-14)23-21-16-7-5-6-8-17(16)22-23/h5-10,12,15,24H,2,4,11H2,1,3H3. The summed E-state index contributed by atoms with van der Waals surface area (Å²) < 4.78 is 5.45. The fraction of sp³-hybridized carbons (Fsp3) is 0.250. The Kier molecular flexibility index (Phi) is 5.02. The average molecular weight is 351 g/mol. The first-order valence-electron chi connectivity index (χ1n) is 8.48. The van der Waals surface area contributed by atoms with Crippen molar-refractivity contribution in [2.75, 3.05) is 0 Å². The summed E-state index contributed by atoms with van der Waals surface area (Å²) >= 11 is 0. The van der Waals surface area contributed by atoms with Crippen LogP contribution in [0.1, 0.15) is 25.8 Å². The lowest BCUT2D eigenvalue weighted by Gasteiger charge is -2.17. The van der Waals surface area contributed by atoms with Crippen molar-refractivity contribution in [3.63, 3.8) is 0 Å². The fourth-order valence-corrected chi connectivity index (χ4v) is 2.61. The van der Waals surface area contributed by atoms with Gasteiger partial charge < -0.3 is 9.84 Å². The minimum atomic E-state index is -0.393. The number of hydrogen-bond donors (Lipinski definition) is 1. The number of hydrogen-bond acceptors (Lipinski definition) is 5. The molecule has 26 heavy (non-hydrogen) atoms. The van der Waals surface area contributed by atoms with Gasteiger partial charge in [0.1, 0.15) is 28.6 Å². The number of aromatic nitrogens is 3. The first-order valence-corrected chi connectivity index (χ1v) is 8.48. The molecule has 0 bridgehead atoms. The van der Waals surface area contributed by atoms with Crippen LogP contribution in [0.2, 0.25) is 0 Å². The zero-order valence-electron chi connectivity index (χ0n) is 14.8. The van der Waals surface area contributed by atoms with Crippen LogP contribution >= 0.6 is 0 Å². The largest absolute Gasteiger partial charge is 0.506 e. The van der Waals surface area contributed by atoms with Crippen LogP contribution in [0.15, 0.2) is 54.6 Å². The SMILES string of the molecule is C=C(C)C(=O)OC(CC)Cc1ccc(O)c(-n2nc3ccccc3n2)c1. The van der Waals surface area contributed by atoms with Crippen LogP contribution in [0.4, 0.5) is 0 Å². The van der Waals surface area contributed by atoms with Crippen molar-refractivity contribution in [3.8, 4) is 11.4 Å². The second-order valence-electron chi connectivity index (χ2n) is 6.22. The Morgan fingerprint density at radius 1 is 1.23 bits per heavy atom. The van der Waals surface area contributed by atoms with Crippen LogP contribution in [0.3, 0.4) is 0 Å². The lowest BCUT2D eigenvalue weighted by atomic mass is 10.0. The minimum Gasteiger partial charge on any atom is -0.506 e. The molecule has 0 saturated carbocycles. The number of phenolic OH excluding ortho intramolecular Hbond substituents is 1. The number of carbonyl (C=O) groups excluding carboxylic acids is 1. The molecule has 1 heterocycles. The summed E-state index contributed by atoms with van der Waals surface area (Å²) in [5, 5.41) is 19.0. The minimum absolute atomic E-state index is 0.0843. The van der Waals surface area contributed by atoms with Crippen LogP contribution in [-0.4, -0.2) is 32.2 Å². The normalized spacial score (nSPS) is 12.1. The number of nitrogens with zero attached hydrogens (tertiary/aromatic N) is 3. The molecular formula is C20H21N3O3. The Balaban J connectivity index is 1.87. The maximum atomic E-state index is 11.8. The van der Waals surface area contributed by atoms with E-state index in [9.17, 15) is 9.90 Å². The summed E-state index contributed by atoms with van der Waals surface area (Å²) in [4.78, 5) is 13.2. The molecule has 1 N–H and O–H groups in total. The molecule has 1 unspecified atom stereocenters. The second kappa shape index (κ2) is 7.39. The Morgan fingerprint density at radius 2 is 1.88 bits per heavy atom. The van der Waals surface area contributed by atoms with Gasteiger partial charge >= 0.3 is 5.97 Å². The zero-order valence-corrected chi connectivity index (χ0v) is 14.8. The third-order valence-corrected chi connectivity index (χ3v) is 4.08. The van der Waals surface area contributed by atoms with Gasteiger partial charge in [0.25, 0.3) is 0 Å². The number of phenols is 1. The van der Waals surface area contributed by atoms with Crippen molar-refractivity contribution in [2.24, 2.45) is 0 Å². The van der Waals surface area contributed by atoms with Gasteiger partial charge in [0.15, 0.2) is 0 Å². The molecule has 6 heteroatoms. The van der Waals surface area contributed by atoms with E-state index < -0.39 is 5.97 Å². The number of esters is 1. The molecule has 6 nitrogen and oxygen atoms in total. The highest BCUT2D eigenvalue weighted by molar-refractivity contribution is 5.87. The van der Waals surface area contributed by atoms with E-state index in [1.54, 1.807) is 19.1 Å². The van der Waals surface area contributed by atoms with Gasteiger partial charge in [-0.1, -0.05) is 31.7 Å². The topological polar surface area (TPSA) is 77.2 Å². The number of fused-ring (bicyclic) bond motifs is 1. The summed E-state index contributed by atoms with van der Waals surface area (Å²) in [6, 6.07) is 12.7. The molecule has 0 aliphatic carbocycles. The maximum absolute atomic E-state index is 11.8. The number of rotatable bonds is 6. The first-order chi connectivity index (χ1) is 12.5. The molecule has 0 aliphatic heterocycles. The van der Waals surface area contributed by atoms with E-state index in [-0.39, 0.29) is 11.9 Å². The monoisotopic (exact) mass is 351 g/mol. The van der Waals surface area contributed by atoms with E-state index >= 15 is 0 Å². The summed E-state index contributed by atoms with van der Waals surface area (Å²) in [5.41, 5.74) is 3.28. The van der Waals surface area contributed by atoms with Crippen LogP contribution in [0.5, 0.6) is 5.75 Å². The molecule has 0 aliphatic rings. The van der Waals surface area contributed by atoms with E-state index in [1.165, 1.54) is 4.80 Å². The molecule has 3 rings (SSSR count). The molecule has 2 aromatic carbocycles. The molecule has 0 radical (unpaired) electrons. The summed E-state index contributed by atoms with van der Waals surface area (Å²) in [7, 11) is 0. The van der Waals surface area contributed by atoms with E-state index in [4.69, 9.17) is 4.74 Å². The van der Waals surface area contributed by atoms with Gasteiger partial charge in [-0.15, -0.1) is 15.0 Å². The Hall–Kier alpha value is -3.15. The fourth-order valence-electron chi connectivity index (χ4n) is 2.61. The van der Waals surface area contributed by atoms with E-state index in [0.29, 0.717) is 24.1 Å². The Morgan fingerprint density at radius 3 is 2.46 bits per heavy atom. The van der Waals surface area contributed by atoms with Gasteiger partial charge in [0, 0.05) is 12.0 Å². The van der Waals surface area contributed by atoms with E-state index in [2.05, 4.69) is 16.8 Å². The summed E-state index contributed by atoms with van der Waals surface area (Å²) in [5.74, 6) is -0.308. The Labute approximate surface area is 151 Å². The van der Waals surface area contributed by atoms with Gasteiger partial charge in [-0.05, 0) is 43.2 Å². The highest BCUT2D eigenvalue weighted by Gasteiger charge is 2.16. The summed E-state index contributed by atoms with van der Waals surface area (Å²) in [6.45, 7) is 7.19. The highest BCUT2D eigenvalue weighted by atomic mass is 16.5. The summed E-state index contributed by atoms with van der Waals surface area (Å²) in [6.07, 6.45) is 0.948.